The number of halogens is 3. The predicted octanol–water partition coefficient (Wildman–Crippen LogP) is 1.72. The van der Waals surface area contributed by atoms with Gasteiger partial charge in [-0.2, -0.15) is 13.2 Å². The van der Waals surface area contributed by atoms with E-state index in [1.807, 2.05) is 0 Å². The first-order valence-electron chi connectivity index (χ1n) is 6.46. The molecule has 2 aromatic heterocycles. The van der Waals surface area contributed by atoms with E-state index in [2.05, 4.69) is 19.9 Å². The van der Waals surface area contributed by atoms with Crippen molar-refractivity contribution in [2.75, 3.05) is 0 Å². The van der Waals surface area contributed by atoms with E-state index < -0.39 is 12.1 Å². The molecule has 0 bridgehead atoms. The molecule has 0 amide bonds. The molecule has 3 N–H and O–H groups in total. The summed E-state index contributed by atoms with van der Waals surface area (Å²) in [6.07, 6.45) is 0.810. The zero-order valence-electron chi connectivity index (χ0n) is 12.2. The molecule has 25 heavy (non-hydrogen) atoms. The molecule has 0 saturated heterocycles. The Balaban J connectivity index is 0.000000277. The quantitative estimate of drug-likeness (QED) is 0.607. The number of rotatable bonds is 1. The summed E-state index contributed by atoms with van der Waals surface area (Å²) in [5.41, 5.74) is 1.37. The second kappa shape index (κ2) is 6.95. The fraction of sp³-hybridized carbons (Fsp3) is 0.0714. The van der Waals surface area contributed by atoms with E-state index in [9.17, 15) is 23.1 Å². The van der Waals surface area contributed by atoms with Crippen LogP contribution in [0, 0.1) is 0 Å². The van der Waals surface area contributed by atoms with Crippen LogP contribution in [0.3, 0.4) is 0 Å². The lowest BCUT2D eigenvalue weighted by molar-refractivity contribution is -0.192. The highest BCUT2D eigenvalue weighted by Crippen LogP contribution is 2.27. The van der Waals surface area contributed by atoms with Crippen LogP contribution in [0.4, 0.5) is 13.2 Å². The molecule has 0 aliphatic heterocycles. The molecule has 0 aliphatic carbocycles. The van der Waals surface area contributed by atoms with Crippen molar-refractivity contribution in [3.8, 4) is 16.9 Å². The molecule has 2 heterocycles. The van der Waals surface area contributed by atoms with Crippen LogP contribution in [-0.4, -0.2) is 42.3 Å². The minimum Gasteiger partial charge on any atom is -0.506 e. The molecule has 130 valence electrons. The van der Waals surface area contributed by atoms with Crippen molar-refractivity contribution < 1.29 is 28.2 Å². The van der Waals surface area contributed by atoms with Gasteiger partial charge in [-0.05, 0) is 17.7 Å². The molecule has 0 spiro atoms. The normalized spacial score (nSPS) is 10.8. The largest absolute Gasteiger partial charge is 0.506 e. The third-order valence-electron chi connectivity index (χ3n) is 2.86. The minimum atomic E-state index is -5.08. The van der Waals surface area contributed by atoms with Crippen LogP contribution in [0.2, 0.25) is 0 Å². The Morgan fingerprint density at radius 3 is 2.28 bits per heavy atom. The number of carboxylic acid groups (broad SMARTS) is 1. The number of carbonyl (C=O) groups is 1. The number of alkyl halides is 3. The lowest BCUT2D eigenvalue weighted by Crippen LogP contribution is -2.21. The molecule has 0 radical (unpaired) electrons. The van der Waals surface area contributed by atoms with Gasteiger partial charge in [0.15, 0.2) is 0 Å². The van der Waals surface area contributed by atoms with Crippen LogP contribution in [0.25, 0.3) is 22.0 Å². The first-order valence-corrected chi connectivity index (χ1v) is 6.46. The lowest BCUT2D eigenvalue weighted by Gasteiger charge is -2.04. The third-order valence-corrected chi connectivity index (χ3v) is 2.86. The lowest BCUT2D eigenvalue weighted by atomic mass is 10.1. The van der Waals surface area contributed by atoms with Gasteiger partial charge in [-0.1, -0.05) is 0 Å². The summed E-state index contributed by atoms with van der Waals surface area (Å²) in [5.74, 6) is -2.80. The van der Waals surface area contributed by atoms with E-state index in [1.54, 1.807) is 18.5 Å². The van der Waals surface area contributed by atoms with Gasteiger partial charge in [0.1, 0.15) is 17.6 Å². The molecule has 0 atom stereocenters. The average Bonchev–Trinajstić information content (AvgIpc) is 2.56. The monoisotopic (exact) mass is 354 g/mol. The van der Waals surface area contributed by atoms with Gasteiger partial charge in [0, 0.05) is 18.0 Å². The number of aromatic amines is 1. The van der Waals surface area contributed by atoms with Crippen LogP contribution >= 0.6 is 0 Å². The Bertz CT molecular complexity index is 958. The molecule has 3 aromatic rings. The molecule has 0 unspecified atom stereocenters. The number of hydrogen-bond acceptors (Lipinski definition) is 6. The zero-order valence-corrected chi connectivity index (χ0v) is 12.2. The SMILES string of the molecule is O=C(O)C(F)(F)F.O=c1[nH]cnc2c(O)cc(-c3cncnc3)cc12. The van der Waals surface area contributed by atoms with Crippen molar-refractivity contribution in [2.45, 2.75) is 6.18 Å². The first kappa shape index (κ1) is 17.8. The second-order valence-electron chi connectivity index (χ2n) is 4.55. The summed E-state index contributed by atoms with van der Waals surface area (Å²) in [5, 5.41) is 17.3. The van der Waals surface area contributed by atoms with Gasteiger partial charge in [0.25, 0.3) is 5.56 Å². The summed E-state index contributed by atoms with van der Waals surface area (Å²) in [6, 6.07) is 3.19. The number of nitrogens with one attached hydrogen (secondary N) is 1. The predicted molar refractivity (Wildman–Crippen MR) is 78.7 cm³/mol. The van der Waals surface area contributed by atoms with Crippen LogP contribution < -0.4 is 5.56 Å². The van der Waals surface area contributed by atoms with Gasteiger partial charge < -0.3 is 15.2 Å². The van der Waals surface area contributed by atoms with Gasteiger partial charge in [0.2, 0.25) is 0 Å². The van der Waals surface area contributed by atoms with Gasteiger partial charge in [-0.3, -0.25) is 4.79 Å². The van der Waals surface area contributed by atoms with E-state index in [1.165, 1.54) is 18.7 Å². The summed E-state index contributed by atoms with van der Waals surface area (Å²) in [7, 11) is 0. The van der Waals surface area contributed by atoms with Crippen molar-refractivity contribution in [1.82, 2.24) is 19.9 Å². The van der Waals surface area contributed by atoms with Crippen molar-refractivity contribution >= 4 is 16.9 Å². The molecule has 11 heteroatoms. The van der Waals surface area contributed by atoms with E-state index >= 15 is 0 Å². The van der Waals surface area contributed by atoms with Crippen molar-refractivity contribution in [2.24, 2.45) is 0 Å². The fourth-order valence-corrected chi connectivity index (χ4v) is 1.78. The minimum absolute atomic E-state index is 0.0440. The number of H-pyrrole nitrogens is 1. The van der Waals surface area contributed by atoms with Crippen molar-refractivity contribution in [1.29, 1.82) is 0 Å². The second-order valence-corrected chi connectivity index (χ2v) is 4.55. The first-order chi connectivity index (χ1) is 11.7. The molecule has 0 fully saturated rings. The fourth-order valence-electron chi connectivity index (χ4n) is 1.78. The maximum Gasteiger partial charge on any atom is 0.490 e. The summed E-state index contributed by atoms with van der Waals surface area (Å²) >= 11 is 0. The Labute approximate surface area is 136 Å². The Morgan fingerprint density at radius 2 is 1.72 bits per heavy atom. The van der Waals surface area contributed by atoms with E-state index in [0.29, 0.717) is 10.9 Å². The number of fused-ring (bicyclic) bond motifs is 1. The standard InChI is InChI=1S/C12H8N4O2.C2HF3O2/c17-10-2-7(8-3-13-5-14-4-8)1-9-11(10)15-6-16-12(9)18;3-2(4,5)1(6)7/h1-6,17H,(H,15,16,18);(H,6,7). The van der Waals surface area contributed by atoms with Crippen LogP contribution in [0.15, 0.2) is 42.0 Å². The number of nitrogens with zero attached hydrogens (tertiary/aromatic N) is 3. The highest BCUT2D eigenvalue weighted by molar-refractivity contribution is 5.88. The number of carboxylic acids is 1. The van der Waals surface area contributed by atoms with E-state index in [-0.39, 0.29) is 16.8 Å². The Morgan fingerprint density at radius 1 is 1.12 bits per heavy atom. The van der Waals surface area contributed by atoms with Gasteiger partial charge in [0.05, 0.1) is 11.7 Å². The zero-order chi connectivity index (χ0) is 18.6. The number of aromatic hydroxyl groups is 1. The van der Waals surface area contributed by atoms with Crippen molar-refractivity contribution in [3.05, 3.63) is 47.5 Å². The number of aliphatic carboxylic acids is 1. The Hall–Kier alpha value is -3.50. The summed E-state index contributed by atoms with van der Waals surface area (Å²) < 4.78 is 31.7. The topological polar surface area (TPSA) is 129 Å². The molecular formula is C14H9F3N4O4. The smallest absolute Gasteiger partial charge is 0.490 e. The maximum atomic E-state index is 11.7. The molecule has 3 rings (SSSR count). The number of phenolic OH excluding ortho intramolecular Hbond substituents is 1. The highest BCUT2D eigenvalue weighted by Gasteiger charge is 2.38. The van der Waals surface area contributed by atoms with E-state index in [4.69, 9.17) is 9.90 Å². The maximum absolute atomic E-state index is 11.7. The van der Waals surface area contributed by atoms with Gasteiger partial charge >= 0.3 is 12.1 Å². The summed E-state index contributed by atoms with van der Waals surface area (Å²) in [4.78, 5) is 34.8. The average molecular weight is 354 g/mol. The molecule has 1 aromatic carbocycles. The van der Waals surface area contributed by atoms with Gasteiger partial charge in [-0.15, -0.1) is 0 Å². The number of aromatic nitrogens is 4. The van der Waals surface area contributed by atoms with Crippen molar-refractivity contribution in [3.63, 3.8) is 0 Å². The molecule has 0 aliphatic rings. The summed E-state index contributed by atoms with van der Waals surface area (Å²) in [6.45, 7) is 0. The van der Waals surface area contributed by atoms with Crippen LogP contribution in [0.1, 0.15) is 0 Å². The number of hydrogen-bond donors (Lipinski definition) is 3. The van der Waals surface area contributed by atoms with Crippen LogP contribution in [0.5, 0.6) is 5.75 Å². The van der Waals surface area contributed by atoms with Crippen LogP contribution in [-0.2, 0) is 4.79 Å². The molecule has 8 nitrogen and oxygen atoms in total. The molecular weight excluding hydrogens is 345 g/mol. The third kappa shape index (κ3) is 4.28. The number of phenols is 1. The molecule has 0 saturated carbocycles. The highest BCUT2D eigenvalue weighted by atomic mass is 19.4. The van der Waals surface area contributed by atoms with Gasteiger partial charge in [-0.25, -0.2) is 19.7 Å². The van der Waals surface area contributed by atoms with E-state index in [0.717, 1.165) is 5.56 Å². The number of benzene rings is 1. The Kier molecular flexibility index (Phi) is 4.96.